The van der Waals surface area contributed by atoms with E-state index in [0.29, 0.717) is 29.5 Å². The molecule has 2 aromatic carbocycles. The second-order valence-corrected chi connectivity index (χ2v) is 10.6. The van der Waals surface area contributed by atoms with Gasteiger partial charge in [-0.15, -0.1) is 11.3 Å². The number of halogens is 2. The minimum Gasteiger partial charge on any atom is -0.446 e. The molecule has 38 heavy (non-hydrogen) atoms. The van der Waals surface area contributed by atoms with Gasteiger partial charge in [-0.3, -0.25) is 19.7 Å². The van der Waals surface area contributed by atoms with Crippen LogP contribution in [0, 0.1) is 11.6 Å². The Balaban J connectivity index is 1.05. The number of carbonyl (C=O) groups excluding carboxylic acids is 4. The summed E-state index contributed by atoms with van der Waals surface area (Å²) in [6.45, 7) is -0.141. The van der Waals surface area contributed by atoms with E-state index in [1.165, 1.54) is 28.4 Å². The summed E-state index contributed by atoms with van der Waals surface area (Å²) in [5.41, 5.74) is 3.25. The summed E-state index contributed by atoms with van der Waals surface area (Å²) in [5.74, 6) is -2.79. The van der Waals surface area contributed by atoms with Gasteiger partial charge in [-0.05, 0) is 42.9 Å². The summed E-state index contributed by atoms with van der Waals surface area (Å²) in [5, 5.41) is 4.72. The molecular formula is C26H22F2N4O5S. The molecule has 12 heteroatoms. The van der Waals surface area contributed by atoms with Gasteiger partial charge in [0.25, 0.3) is 5.91 Å². The number of hydrogen-bond donors (Lipinski definition) is 2. The summed E-state index contributed by atoms with van der Waals surface area (Å²) < 4.78 is 36.0. The minimum absolute atomic E-state index is 0.0607. The highest BCUT2D eigenvalue weighted by Gasteiger charge is 2.41. The number of carbonyl (C=O) groups is 4. The van der Waals surface area contributed by atoms with Gasteiger partial charge in [0.05, 0.1) is 21.3 Å². The molecule has 1 aliphatic carbocycles. The molecule has 2 fully saturated rings. The first kappa shape index (κ1) is 24.4. The molecule has 3 aliphatic rings. The van der Waals surface area contributed by atoms with Crippen molar-refractivity contribution in [1.29, 1.82) is 0 Å². The van der Waals surface area contributed by atoms with Gasteiger partial charge >= 0.3 is 6.09 Å². The van der Waals surface area contributed by atoms with Crippen molar-refractivity contribution in [2.24, 2.45) is 0 Å². The smallest absolute Gasteiger partial charge is 0.407 e. The normalized spacial score (nSPS) is 22.7. The number of imide groups is 1. The molecule has 0 radical (unpaired) electrons. The molecule has 1 saturated heterocycles. The molecule has 2 N–H and O–H groups in total. The molecule has 3 heterocycles. The Hall–Kier alpha value is -3.93. The second-order valence-electron chi connectivity index (χ2n) is 9.68. The lowest BCUT2D eigenvalue weighted by Crippen LogP contribution is -2.52. The largest absolute Gasteiger partial charge is 0.446 e. The van der Waals surface area contributed by atoms with E-state index in [9.17, 15) is 23.6 Å². The fraction of sp³-hybridized carbons (Fsp3) is 0.346. The zero-order chi connectivity index (χ0) is 26.6. The third kappa shape index (κ3) is 4.18. The van der Waals surface area contributed by atoms with Crippen molar-refractivity contribution < 1.29 is 32.7 Å². The van der Waals surface area contributed by atoms with E-state index in [1.807, 2.05) is 0 Å². The number of rotatable bonds is 5. The molecule has 2 aliphatic heterocycles. The van der Waals surface area contributed by atoms with Gasteiger partial charge in [0.15, 0.2) is 0 Å². The number of fused-ring (bicyclic) bond motifs is 2. The third-order valence-electron chi connectivity index (χ3n) is 7.40. The Labute approximate surface area is 219 Å². The van der Waals surface area contributed by atoms with Gasteiger partial charge in [-0.2, -0.15) is 0 Å². The molecule has 1 saturated carbocycles. The zero-order valence-corrected chi connectivity index (χ0v) is 20.8. The molecule has 1 unspecified atom stereocenters. The second kappa shape index (κ2) is 9.43. The highest BCUT2D eigenvalue weighted by atomic mass is 32.1. The lowest BCUT2D eigenvalue weighted by Gasteiger charge is -2.35. The maximum atomic E-state index is 15.3. The fourth-order valence-electron chi connectivity index (χ4n) is 5.36. The average Bonchev–Trinajstić information content (AvgIpc) is 3.46. The molecule has 4 amide bonds. The van der Waals surface area contributed by atoms with Crippen molar-refractivity contribution in [1.82, 2.24) is 20.5 Å². The van der Waals surface area contributed by atoms with Crippen LogP contribution >= 0.6 is 11.3 Å². The predicted octanol–water partition coefficient (Wildman–Crippen LogP) is 3.51. The van der Waals surface area contributed by atoms with Gasteiger partial charge in [0.1, 0.15) is 23.8 Å². The molecule has 3 aromatic rings. The molecule has 6 rings (SSSR count). The number of benzene rings is 2. The number of hydrogen-bond acceptors (Lipinski definition) is 7. The number of thiazole rings is 1. The Morgan fingerprint density at radius 2 is 2.00 bits per heavy atom. The van der Waals surface area contributed by atoms with Crippen LogP contribution in [0.2, 0.25) is 0 Å². The number of piperidine rings is 1. The summed E-state index contributed by atoms with van der Waals surface area (Å²) in [6.07, 6.45) is 0.0597. The standard InChI is InChI=1S/C26H22F2N4O5S/c27-16-3-5-18-23(30-11-38-18)20(16)14-7-15(8-14)37-26(36)29-9-12-1-2-13-10-32(25(35)21(13)22(12)28)17-4-6-19(33)31-24(17)34/h1-3,5,11,14-15,17H,4,6-10H2,(H,29,36)(H,31,33,34). The Morgan fingerprint density at radius 1 is 1.18 bits per heavy atom. The molecule has 0 spiro atoms. The Morgan fingerprint density at radius 3 is 2.79 bits per heavy atom. The first-order valence-electron chi connectivity index (χ1n) is 12.2. The molecular weight excluding hydrogens is 518 g/mol. The van der Waals surface area contributed by atoms with Crippen LogP contribution in [0.4, 0.5) is 13.6 Å². The van der Waals surface area contributed by atoms with Crippen LogP contribution in [-0.4, -0.2) is 45.8 Å². The molecule has 0 bridgehead atoms. The first-order chi connectivity index (χ1) is 18.3. The first-order valence-corrected chi connectivity index (χ1v) is 13.1. The van der Waals surface area contributed by atoms with Crippen molar-refractivity contribution in [2.45, 2.75) is 56.8 Å². The van der Waals surface area contributed by atoms with Crippen LogP contribution < -0.4 is 10.6 Å². The molecule has 9 nitrogen and oxygen atoms in total. The number of nitrogens with zero attached hydrogens (tertiary/aromatic N) is 2. The molecule has 1 atom stereocenters. The van der Waals surface area contributed by atoms with Crippen LogP contribution in [0.1, 0.15) is 58.6 Å². The van der Waals surface area contributed by atoms with Crippen LogP contribution in [0.5, 0.6) is 0 Å². The van der Waals surface area contributed by atoms with Crippen molar-refractivity contribution in [3.63, 3.8) is 0 Å². The topological polar surface area (TPSA) is 118 Å². The maximum Gasteiger partial charge on any atom is 0.407 e. The summed E-state index contributed by atoms with van der Waals surface area (Å²) in [4.78, 5) is 54.4. The van der Waals surface area contributed by atoms with Gasteiger partial charge in [0.2, 0.25) is 11.8 Å². The number of ether oxygens (including phenoxy) is 1. The van der Waals surface area contributed by atoms with Crippen molar-refractivity contribution >= 4 is 45.4 Å². The van der Waals surface area contributed by atoms with Gasteiger partial charge in [-0.25, -0.2) is 18.6 Å². The van der Waals surface area contributed by atoms with Crippen LogP contribution in [-0.2, 0) is 27.4 Å². The summed E-state index contributed by atoms with van der Waals surface area (Å²) in [7, 11) is 0. The summed E-state index contributed by atoms with van der Waals surface area (Å²) >= 11 is 1.44. The van der Waals surface area contributed by atoms with E-state index in [2.05, 4.69) is 15.6 Å². The van der Waals surface area contributed by atoms with Gasteiger partial charge in [-0.1, -0.05) is 12.1 Å². The van der Waals surface area contributed by atoms with E-state index in [4.69, 9.17) is 4.74 Å². The number of amides is 4. The Bertz CT molecular complexity index is 1500. The van der Waals surface area contributed by atoms with Gasteiger partial charge < -0.3 is 15.0 Å². The third-order valence-corrected chi connectivity index (χ3v) is 8.19. The van der Waals surface area contributed by atoms with E-state index in [-0.39, 0.29) is 48.8 Å². The van der Waals surface area contributed by atoms with Crippen molar-refractivity contribution in [2.75, 3.05) is 0 Å². The highest BCUT2D eigenvalue weighted by molar-refractivity contribution is 7.16. The maximum absolute atomic E-state index is 15.3. The quantitative estimate of drug-likeness (QED) is 0.479. The number of aromatic nitrogens is 1. The predicted molar refractivity (Wildman–Crippen MR) is 131 cm³/mol. The zero-order valence-electron chi connectivity index (χ0n) is 20.0. The molecule has 1 aromatic heterocycles. The van der Waals surface area contributed by atoms with Crippen LogP contribution in [0.25, 0.3) is 10.2 Å². The lowest BCUT2D eigenvalue weighted by atomic mass is 9.77. The van der Waals surface area contributed by atoms with E-state index in [1.54, 1.807) is 17.6 Å². The van der Waals surface area contributed by atoms with Gasteiger partial charge in [0, 0.05) is 30.6 Å². The monoisotopic (exact) mass is 540 g/mol. The Kier molecular flexibility index (Phi) is 6.05. The van der Waals surface area contributed by atoms with Crippen molar-refractivity contribution in [3.8, 4) is 0 Å². The number of nitrogens with one attached hydrogen (secondary N) is 2. The average molecular weight is 541 g/mol. The minimum atomic E-state index is -0.842. The fourth-order valence-corrected chi connectivity index (χ4v) is 6.06. The van der Waals surface area contributed by atoms with E-state index < -0.39 is 41.8 Å². The SMILES string of the molecule is O=C1CCC(N2Cc3ccc(CNC(=O)OC4CC(c5c(F)ccc6scnc56)C4)c(F)c3C2=O)C(=O)N1. The molecule has 196 valence electrons. The number of alkyl carbamates (subject to hydrolysis) is 1. The van der Waals surface area contributed by atoms with Crippen LogP contribution in [0.15, 0.2) is 29.8 Å². The summed E-state index contributed by atoms with van der Waals surface area (Å²) in [6, 6.07) is 5.35. The van der Waals surface area contributed by atoms with E-state index in [0.717, 1.165) is 4.70 Å². The van der Waals surface area contributed by atoms with Crippen molar-refractivity contribution in [3.05, 3.63) is 63.7 Å². The van der Waals surface area contributed by atoms with Crippen LogP contribution in [0.3, 0.4) is 0 Å². The lowest BCUT2D eigenvalue weighted by molar-refractivity contribution is -0.136. The highest BCUT2D eigenvalue weighted by Crippen LogP contribution is 2.43. The van der Waals surface area contributed by atoms with E-state index >= 15 is 4.39 Å².